The molecule has 0 aliphatic carbocycles. The van der Waals surface area contributed by atoms with Gasteiger partial charge in [0.25, 0.3) is 5.17 Å². The molecular formula is C11H23NOS. The Kier molecular flexibility index (Phi) is 7.86. The lowest BCUT2D eigenvalue weighted by Crippen LogP contribution is -2.26. The zero-order valence-electron chi connectivity index (χ0n) is 9.88. The van der Waals surface area contributed by atoms with Gasteiger partial charge in [0.15, 0.2) is 0 Å². The summed E-state index contributed by atoms with van der Waals surface area (Å²) in [6.45, 7) is 4.31. The molecule has 0 radical (unpaired) electrons. The molecule has 0 rings (SSSR count). The predicted molar refractivity (Wildman–Crippen MR) is 65.6 cm³/mol. The van der Waals surface area contributed by atoms with Crippen LogP contribution >= 0.6 is 12.2 Å². The van der Waals surface area contributed by atoms with Crippen molar-refractivity contribution >= 4 is 17.4 Å². The van der Waals surface area contributed by atoms with Gasteiger partial charge in [-0.2, -0.15) is 0 Å². The van der Waals surface area contributed by atoms with Crippen molar-refractivity contribution in [3.8, 4) is 0 Å². The first kappa shape index (κ1) is 13.7. The fourth-order valence-corrected chi connectivity index (χ4v) is 1.36. The van der Waals surface area contributed by atoms with Crippen LogP contribution < -0.4 is 0 Å². The Balaban J connectivity index is 3.45. The first-order valence-corrected chi connectivity index (χ1v) is 5.86. The van der Waals surface area contributed by atoms with E-state index in [9.17, 15) is 0 Å². The summed E-state index contributed by atoms with van der Waals surface area (Å²) in [5.74, 6) is 0. The third kappa shape index (κ3) is 7.13. The molecule has 0 bridgehead atoms. The Bertz CT molecular complexity index is 159. The van der Waals surface area contributed by atoms with E-state index in [0.717, 1.165) is 6.42 Å². The average molecular weight is 217 g/mol. The van der Waals surface area contributed by atoms with Crippen LogP contribution in [0.4, 0.5) is 0 Å². The van der Waals surface area contributed by atoms with Gasteiger partial charge < -0.3 is 9.64 Å². The van der Waals surface area contributed by atoms with Gasteiger partial charge in [-0.3, -0.25) is 0 Å². The molecule has 3 heteroatoms. The SMILES string of the molecule is CCCCCCC(C)OC(=S)N(C)C. The van der Waals surface area contributed by atoms with Gasteiger partial charge in [-0.25, -0.2) is 0 Å². The summed E-state index contributed by atoms with van der Waals surface area (Å²) in [5.41, 5.74) is 0. The summed E-state index contributed by atoms with van der Waals surface area (Å²) in [7, 11) is 3.82. The summed E-state index contributed by atoms with van der Waals surface area (Å²) in [6.07, 6.45) is 6.51. The minimum atomic E-state index is 0.252. The normalized spacial score (nSPS) is 12.3. The van der Waals surface area contributed by atoms with Crippen molar-refractivity contribution in [1.82, 2.24) is 4.90 Å². The fourth-order valence-electron chi connectivity index (χ4n) is 1.20. The minimum absolute atomic E-state index is 0.252. The van der Waals surface area contributed by atoms with Crippen LogP contribution in [0.15, 0.2) is 0 Å². The van der Waals surface area contributed by atoms with Crippen LogP contribution in [0.1, 0.15) is 46.0 Å². The summed E-state index contributed by atoms with van der Waals surface area (Å²) >= 11 is 5.06. The summed E-state index contributed by atoms with van der Waals surface area (Å²) in [5, 5.41) is 0.591. The summed E-state index contributed by atoms with van der Waals surface area (Å²) in [6, 6.07) is 0. The largest absolute Gasteiger partial charge is 0.468 e. The van der Waals surface area contributed by atoms with Crippen LogP contribution in [0.3, 0.4) is 0 Å². The van der Waals surface area contributed by atoms with E-state index in [1.807, 2.05) is 19.0 Å². The van der Waals surface area contributed by atoms with E-state index in [1.54, 1.807) is 0 Å². The van der Waals surface area contributed by atoms with Crippen LogP contribution in [0.2, 0.25) is 0 Å². The van der Waals surface area contributed by atoms with Crippen molar-refractivity contribution in [2.24, 2.45) is 0 Å². The van der Waals surface area contributed by atoms with E-state index in [-0.39, 0.29) is 6.10 Å². The second kappa shape index (κ2) is 8.04. The van der Waals surface area contributed by atoms with Crippen molar-refractivity contribution in [2.75, 3.05) is 14.1 Å². The first-order chi connectivity index (χ1) is 6.57. The van der Waals surface area contributed by atoms with Gasteiger partial charge in [0, 0.05) is 14.1 Å². The van der Waals surface area contributed by atoms with E-state index in [2.05, 4.69) is 13.8 Å². The number of nitrogens with zero attached hydrogens (tertiary/aromatic N) is 1. The van der Waals surface area contributed by atoms with Crippen molar-refractivity contribution < 1.29 is 4.74 Å². The molecule has 0 aliphatic heterocycles. The summed E-state index contributed by atoms with van der Waals surface area (Å²) < 4.78 is 5.55. The van der Waals surface area contributed by atoms with Crippen LogP contribution in [-0.2, 0) is 4.74 Å². The Morgan fingerprint density at radius 1 is 1.29 bits per heavy atom. The third-order valence-electron chi connectivity index (χ3n) is 2.13. The standard InChI is InChI=1S/C11H23NOS/c1-5-6-7-8-9-10(2)13-11(14)12(3)4/h10H,5-9H2,1-4H3. The lowest BCUT2D eigenvalue weighted by atomic mass is 10.1. The molecule has 0 N–H and O–H groups in total. The van der Waals surface area contributed by atoms with E-state index in [0.29, 0.717) is 5.17 Å². The van der Waals surface area contributed by atoms with Gasteiger partial charge in [0.1, 0.15) is 0 Å². The lowest BCUT2D eigenvalue weighted by molar-refractivity contribution is 0.173. The van der Waals surface area contributed by atoms with E-state index >= 15 is 0 Å². The maximum atomic E-state index is 5.55. The quantitative estimate of drug-likeness (QED) is 0.501. The Hall–Kier alpha value is -0.310. The molecule has 0 saturated carbocycles. The molecule has 0 fully saturated rings. The van der Waals surface area contributed by atoms with Crippen molar-refractivity contribution in [1.29, 1.82) is 0 Å². The Labute approximate surface area is 93.6 Å². The van der Waals surface area contributed by atoms with Crippen molar-refractivity contribution in [2.45, 2.75) is 52.1 Å². The molecular weight excluding hydrogens is 194 g/mol. The zero-order valence-corrected chi connectivity index (χ0v) is 10.7. The Morgan fingerprint density at radius 2 is 1.93 bits per heavy atom. The van der Waals surface area contributed by atoms with Crippen molar-refractivity contribution in [3.63, 3.8) is 0 Å². The number of thiocarbonyl (C=S) groups is 1. The monoisotopic (exact) mass is 217 g/mol. The molecule has 1 atom stereocenters. The van der Waals surface area contributed by atoms with Crippen LogP contribution in [-0.4, -0.2) is 30.3 Å². The molecule has 0 aliphatic rings. The lowest BCUT2D eigenvalue weighted by Gasteiger charge is -2.19. The number of rotatable bonds is 6. The molecule has 84 valence electrons. The van der Waals surface area contributed by atoms with Gasteiger partial charge in [-0.15, -0.1) is 0 Å². The van der Waals surface area contributed by atoms with Gasteiger partial charge in [0.05, 0.1) is 6.10 Å². The highest BCUT2D eigenvalue weighted by Crippen LogP contribution is 2.08. The second-order valence-electron chi connectivity index (χ2n) is 3.94. The molecule has 0 amide bonds. The van der Waals surface area contributed by atoms with Gasteiger partial charge in [0.2, 0.25) is 0 Å². The number of hydrogen-bond donors (Lipinski definition) is 0. The van der Waals surface area contributed by atoms with Crippen LogP contribution in [0.5, 0.6) is 0 Å². The van der Waals surface area contributed by atoms with Gasteiger partial charge >= 0.3 is 0 Å². The molecule has 0 heterocycles. The van der Waals surface area contributed by atoms with E-state index in [1.165, 1.54) is 25.7 Å². The maximum Gasteiger partial charge on any atom is 0.259 e. The second-order valence-corrected chi connectivity index (χ2v) is 4.29. The topological polar surface area (TPSA) is 12.5 Å². The molecule has 2 nitrogen and oxygen atoms in total. The van der Waals surface area contributed by atoms with E-state index < -0.39 is 0 Å². The fraction of sp³-hybridized carbons (Fsp3) is 0.909. The van der Waals surface area contributed by atoms with Crippen LogP contribution in [0, 0.1) is 0 Å². The van der Waals surface area contributed by atoms with Crippen molar-refractivity contribution in [3.05, 3.63) is 0 Å². The van der Waals surface area contributed by atoms with Crippen LogP contribution in [0.25, 0.3) is 0 Å². The highest BCUT2D eigenvalue weighted by atomic mass is 32.1. The number of hydrogen-bond acceptors (Lipinski definition) is 2. The number of unbranched alkanes of at least 4 members (excludes halogenated alkanes) is 3. The Morgan fingerprint density at radius 3 is 2.43 bits per heavy atom. The smallest absolute Gasteiger partial charge is 0.259 e. The van der Waals surface area contributed by atoms with E-state index in [4.69, 9.17) is 17.0 Å². The molecule has 14 heavy (non-hydrogen) atoms. The summed E-state index contributed by atoms with van der Waals surface area (Å²) in [4.78, 5) is 1.83. The zero-order chi connectivity index (χ0) is 11.0. The molecule has 1 unspecified atom stereocenters. The maximum absolute atomic E-state index is 5.55. The predicted octanol–water partition coefficient (Wildman–Crippen LogP) is 3.21. The molecule has 0 aromatic heterocycles. The highest BCUT2D eigenvalue weighted by Gasteiger charge is 2.06. The van der Waals surface area contributed by atoms with Gasteiger partial charge in [-0.05, 0) is 32.0 Å². The third-order valence-corrected chi connectivity index (χ3v) is 2.59. The van der Waals surface area contributed by atoms with Gasteiger partial charge in [-0.1, -0.05) is 26.2 Å². The molecule has 0 spiro atoms. The first-order valence-electron chi connectivity index (χ1n) is 5.45. The minimum Gasteiger partial charge on any atom is -0.468 e. The number of ether oxygens (including phenoxy) is 1. The molecule has 0 aromatic rings. The average Bonchev–Trinajstić information content (AvgIpc) is 2.12. The highest BCUT2D eigenvalue weighted by molar-refractivity contribution is 7.80. The molecule has 0 aromatic carbocycles. The molecule has 0 saturated heterocycles.